The molecular formula is C44H41Cl4N3O10. The Bertz CT molecular complexity index is 2460. The molecule has 17 heteroatoms. The summed E-state index contributed by atoms with van der Waals surface area (Å²) in [4.78, 5) is 27.5. The Morgan fingerprint density at radius 2 is 1.31 bits per heavy atom. The van der Waals surface area contributed by atoms with Crippen LogP contribution in [0.5, 0.6) is 23.0 Å². The van der Waals surface area contributed by atoms with Crippen LogP contribution in [0.1, 0.15) is 53.6 Å². The first-order chi connectivity index (χ1) is 29.0. The van der Waals surface area contributed by atoms with Crippen molar-refractivity contribution in [2.75, 3.05) is 13.2 Å². The number of hydrogen-bond donors (Lipinski definition) is 6. The lowest BCUT2D eigenvalue weighted by molar-refractivity contribution is -0.150. The summed E-state index contributed by atoms with van der Waals surface area (Å²) in [5.74, 6) is -1.85. The topological polar surface area (TPSA) is 212 Å². The van der Waals surface area contributed by atoms with Gasteiger partial charge in [0.2, 0.25) is 0 Å². The third-order valence-electron chi connectivity index (χ3n) is 10.0. The Kier molecular flexibility index (Phi) is 15.7. The van der Waals surface area contributed by atoms with Crippen molar-refractivity contribution in [1.29, 1.82) is 5.26 Å². The summed E-state index contributed by atoms with van der Waals surface area (Å²) in [6, 6.07) is 20.3. The first-order valence-electron chi connectivity index (χ1n) is 18.6. The highest BCUT2D eigenvalue weighted by Crippen LogP contribution is 2.40. The molecule has 1 aromatic heterocycles. The molecule has 1 heterocycles. The number of nitrogens with zero attached hydrogens (tertiary/aromatic N) is 2. The number of aliphatic hydroxyl groups is 2. The maximum atomic E-state index is 11.8. The van der Waals surface area contributed by atoms with E-state index in [0.717, 1.165) is 0 Å². The molecule has 5 aromatic rings. The van der Waals surface area contributed by atoms with Gasteiger partial charge in [-0.3, -0.25) is 19.9 Å². The average molecular weight is 914 g/mol. The van der Waals surface area contributed by atoms with Crippen molar-refractivity contribution in [2.24, 2.45) is 5.41 Å². The largest absolute Gasteiger partial charge is 0.508 e. The van der Waals surface area contributed by atoms with E-state index in [2.05, 4.69) is 10.3 Å². The van der Waals surface area contributed by atoms with Crippen molar-refractivity contribution in [1.82, 2.24) is 10.3 Å². The summed E-state index contributed by atoms with van der Waals surface area (Å²) in [5.41, 5.74) is 1.16. The summed E-state index contributed by atoms with van der Waals surface area (Å²) in [6.07, 6.45) is 3.19. The smallest absolute Gasteiger partial charge is 0.326 e. The summed E-state index contributed by atoms with van der Waals surface area (Å²) >= 11 is 27.1. The zero-order valence-electron chi connectivity index (χ0n) is 32.8. The third-order valence-corrected chi connectivity index (χ3v) is 11.5. The maximum absolute atomic E-state index is 11.8. The molecule has 4 aromatic carbocycles. The molecule has 0 radical (unpaired) electrons. The predicted molar refractivity (Wildman–Crippen MR) is 230 cm³/mol. The molecule has 0 bridgehead atoms. The number of ether oxygens (including phenoxy) is 3. The minimum atomic E-state index is -1.65. The summed E-state index contributed by atoms with van der Waals surface area (Å²) in [6.45, 7) is 1.43. The minimum Gasteiger partial charge on any atom is -0.508 e. The standard InChI is InChI=1S/C44H41Cl4N3O10/c1-43(23-52,41(55)56)10-9-27-12-33(45)37(14-35(27)54)60-21-28-5-3-7-31(39(28)47)32-8-4-6-29(40(32)48)22-61-38-15-36(59-20-26-11-25(16-49)17-50-18-26)30(13-34(38)46)19-51-44(2,24-53)42(57)58/h3-8,11-15,17-18,51-54H,9-10,19-24H2,1-2H3,(H,55,56)(H,57,58)/t43-,44-/m0/s1. The Labute approximate surface area is 371 Å². The molecule has 5 rings (SSSR count). The van der Waals surface area contributed by atoms with E-state index in [1.165, 1.54) is 32.2 Å². The van der Waals surface area contributed by atoms with Crippen LogP contribution in [0.3, 0.4) is 0 Å². The molecule has 0 spiro atoms. The lowest BCUT2D eigenvalue weighted by atomic mass is 9.85. The molecule has 0 saturated heterocycles. The van der Waals surface area contributed by atoms with Crippen molar-refractivity contribution in [3.63, 3.8) is 0 Å². The number of aryl methyl sites for hydroxylation is 1. The second kappa shape index (κ2) is 20.5. The van der Waals surface area contributed by atoms with Crippen LogP contribution < -0.4 is 19.5 Å². The highest BCUT2D eigenvalue weighted by atomic mass is 35.5. The van der Waals surface area contributed by atoms with Gasteiger partial charge in [-0.25, -0.2) is 0 Å². The number of pyridine rings is 1. The van der Waals surface area contributed by atoms with E-state index in [0.29, 0.717) is 60.3 Å². The van der Waals surface area contributed by atoms with Gasteiger partial charge in [-0.15, -0.1) is 0 Å². The molecule has 0 aliphatic carbocycles. The normalized spacial score (nSPS) is 13.1. The lowest BCUT2D eigenvalue weighted by Gasteiger charge is -2.25. The molecule has 0 aliphatic rings. The number of aliphatic hydroxyl groups excluding tert-OH is 2. The van der Waals surface area contributed by atoms with Gasteiger partial charge in [0, 0.05) is 64.5 Å². The second-order valence-electron chi connectivity index (χ2n) is 14.6. The molecule has 0 unspecified atom stereocenters. The van der Waals surface area contributed by atoms with Crippen LogP contribution in [-0.4, -0.2) is 61.2 Å². The number of hydrogen-bond acceptors (Lipinski definition) is 11. The molecule has 0 aliphatic heterocycles. The lowest BCUT2D eigenvalue weighted by Crippen LogP contribution is -2.52. The number of carbonyl (C=O) groups is 2. The number of halogens is 4. The summed E-state index contributed by atoms with van der Waals surface area (Å²) in [7, 11) is 0. The van der Waals surface area contributed by atoms with Gasteiger partial charge in [-0.05, 0) is 50.5 Å². The number of carboxylic acids is 2. The van der Waals surface area contributed by atoms with Gasteiger partial charge in [-0.1, -0.05) is 82.8 Å². The van der Waals surface area contributed by atoms with Crippen LogP contribution in [0.25, 0.3) is 11.1 Å². The summed E-state index contributed by atoms with van der Waals surface area (Å²) < 4.78 is 18.3. The fourth-order valence-corrected chi connectivity index (χ4v) is 6.95. The Hall–Kier alpha value is -5.30. The van der Waals surface area contributed by atoms with Crippen LogP contribution in [0.2, 0.25) is 20.1 Å². The van der Waals surface area contributed by atoms with Crippen LogP contribution in [0, 0.1) is 16.7 Å². The molecule has 0 fully saturated rings. The van der Waals surface area contributed by atoms with Gasteiger partial charge in [-0.2, -0.15) is 5.26 Å². The Morgan fingerprint density at radius 1 is 0.738 bits per heavy atom. The summed E-state index contributed by atoms with van der Waals surface area (Å²) in [5, 5.41) is 62.3. The highest BCUT2D eigenvalue weighted by molar-refractivity contribution is 6.37. The van der Waals surface area contributed by atoms with Crippen LogP contribution in [0.4, 0.5) is 0 Å². The van der Waals surface area contributed by atoms with E-state index in [4.69, 9.17) is 60.6 Å². The van der Waals surface area contributed by atoms with E-state index < -0.39 is 36.1 Å². The highest BCUT2D eigenvalue weighted by Gasteiger charge is 2.33. The van der Waals surface area contributed by atoms with E-state index in [1.807, 2.05) is 6.07 Å². The van der Waals surface area contributed by atoms with Crippen molar-refractivity contribution in [3.8, 4) is 40.2 Å². The SMILES string of the molecule is C[C@@](CO)(CCc1cc(Cl)c(OCc2cccc(-c3cccc(COc4cc(OCc5cncc(C#N)c5)c(CN[C@@](C)(CO)C(=O)O)cc4Cl)c3Cl)c2Cl)cc1O)C(=O)O. The molecule has 61 heavy (non-hydrogen) atoms. The van der Waals surface area contributed by atoms with Gasteiger partial charge >= 0.3 is 11.9 Å². The Balaban J connectivity index is 1.33. The zero-order valence-corrected chi connectivity index (χ0v) is 35.9. The Morgan fingerprint density at radius 3 is 1.85 bits per heavy atom. The molecule has 320 valence electrons. The van der Waals surface area contributed by atoms with Gasteiger partial charge in [0.05, 0.1) is 44.3 Å². The molecule has 6 N–H and O–H groups in total. The second-order valence-corrected chi connectivity index (χ2v) is 16.2. The van der Waals surface area contributed by atoms with Crippen molar-refractivity contribution in [2.45, 2.75) is 58.6 Å². The maximum Gasteiger partial charge on any atom is 0.326 e. The van der Waals surface area contributed by atoms with E-state index in [9.17, 15) is 40.4 Å². The number of phenolic OH excluding ortho intramolecular Hbond substituents is 1. The van der Waals surface area contributed by atoms with Crippen molar-refractivity contribution in [3.05, 3.63) is 133 Å². The number of nitrogens with one attached hydrogen (secondary N) is 1. The number of aliphatic carboxylic acids is 2. The van der Waals surface area contributed by atoms with Gasteiger partial charge in [0.15, 0.2) is 0 Å². The average Bonchev–Trinajstić information content (AvgIpc) is 3.25. The first kappa shape index (κ1) is 46.8. The minimum absolute atomic E-state index is 0.00912. The number of aromatic nitrogens is 1. The van der Waals surface area contributed by atoms with Crippen molar-refractivity contribution >= 4 is 58.3 Å². The monoisotopic (exact) mass is 911 g/mol. The fraction of sp³-hybridized carbons (Fsp3) is 0.273. The molecule has 0 saturated carbocycles. The van der Waals surface area contributed by atoms with Gasteiger partial charge < -0.3 is 39.7 Å². The fourth-order valence-electron chi connectivity index (χ4n) is 5.91. The van der Waals surface area contributed by atoms with Crippen molar-refractivity contribution < 1.29 is 49.3 Å². The zero-order chi connectivity index (χ0) is 44.5. The third kappa shape index (κ3) is 11.3. The molecule has 13 nitrogen and oxygen atoms in total. The number of benzene rings is 4. The number of nitriles is 1. The number of carboxylic acid groups (broad SMARTS) is 2. The van der Waals surface area contributed by atoms with Gasteiger partial charge in [0.1, 0.15) is 54.4 Å². The van der Waals surface area contributed by atoms with E-state index in [1.54, 1.807) is 60.8 Å². The molecule has 0 amide bonds. The molecule has 2 atom stereocenters. The van der Waals surface area contributed by atoms with Crippen LogP contribution in [0.15, 0.2) is 79.1 Å². The number of phenols is 1. The van der Waals surface area contributed by atoms with Crippen LogP contribution >= 0.6 is 46.4 Å². The van der Waals surface area contributed by atoms with Crippen LogP contribution in [-0.2, 0) is 42.4 Å². The molecular weight excluding hydrogens is 872 g/mol. The quantitative estimate of drug-likeness (QED) is 0.0432. The number of aromatic hydroxyl groups is 1. The first-order valence-corrected chi connectivity index (χ1v) is 20.1. The van der Waals surface area contributed by atoms with Gasteiger partial charge in [0.25, 0.3) is 0 Å². The van der Waals surface area contributed by atoms with E-state index in [-0.39, 0.29) is 66.5 Å². The van der Waals surface area contributed by atoms with E-state index >= 15 is 0 Å². The number of rotatable bonds is 20. The predicted octanol–water partition coefficient (Wildman–Crippen LogP) is 8.62.